The molecule has 0 N–H and O–H groups in total. The van der Waals surface area contributed by atoms with Crippen molar-refractivity contribution in [2.75, 3.05) is 26.4 Å². The van der Waals surface area contributed by atoms with Crippen LogP contribution in [0.4, 0.5) is 0 Å². The number of carbonyl (C=O) groups is 2. The summed E-state index contributed by atoms with van der Waals surface area (Å²) in [5.74, 6) is 2.50. The maximum atomic E-state index is 13.6. The fraction of sp³-hybridized carbons (Fsp3) is 0.649. The molecule has 0 fully saturated rings. The van der Waals surface area contributed by atoms with Crippen LogP contribution >= 0.6 is 0 Å². The molecule has 0 saturated heterocycles. The Labute approximate surface area is 500 Å². The molecule has 4 aromatic carbocycles. The standard InChI is InChI=1S/C74H114O8/c1-5-9-13-17-21-25-29-33-37-41-57-77-69-55-49-65(61-71(69)79-59-43-39-35-31-27-23-19-15-11-7-3)73(75)81-67-51-45-63(46-52-67)64-47-53-68(54-48-64)82-74(76)66-50-56-70(78-58-42-38-34-30-26-22-18-14-10-6-2)72(62-66)80-60-44-40-36-32-28-24-20-16-12-8-4/h45-56,61-62H,5-44,57-60H2,1-4H3. The van der Waals surface area contributed by atoms with Gasteiger partial charge in [-0.3, -0.25) is 0 Å². The number of hydrogen-bond donors (Lipinski definition) is 0. The van der Waals surface area contributed by atoms with Crippen LogP contribution in [0.2, 0.25) is 0 Å². The molecule has 0 aliphatic heterocycles. The molecule has 0 aliphatic rings. The van der Waals surface area contributed by atoms with Gasteiger partial charge < -0.3 is 28.4 Å². The lowest BCUT2D eigenvalue weighted by Crippen LogP contribution is -2.10. The largest absolute Gasteiger partial charge is 0.490 e. The van der Waals surface area contributed by atoms with Gasteiger partial charge in [-0.15, -0.1) is 0 Å². The number of hydrogen-bond acceptors (Lipinski definition) is 8. The van der Waals surface area contributed by atoms with Crippen LogP contribution in [0.5, 0.6) is 34.5 Å². The third kappa shape index (κ3) is 32.2. The number of unbranched alkanes of at least 4 members (excludes halogenated alkanes) is 36. The van der Waals surface area contributed by atoms with Gasteiger partial charge in [0.25, 0.3) is 0 Å². The first kappa shape index (κ1) is 69.5. The molecule has 0 saturated carbocycles. The Balaban J connectivity index is 1.29. The van der Waals surface area contributed by atoms with Crippen molar-refractivity contribution in [3.8, 4) is 45.6 Å². The Morgan fingerprint density at radius 2 is 0.476 bits per heavy atom. The van der Waals surface area contributed by atoms with Crippen LogP contribution in [0.15, 0.2) is 84.9 Å². The van der Waals surface area contributed by atoms with Gasteiger partial charge >= 0.3 is 11.9 Å². The minimum Gasteiger partial charge on any atom is -0.490 e. The van der Waals surface area contributed by atoms with E-state index in [9.17, 15) is 9.59 Å². The molecule has 0 atom stereocenters. The summed E-state index contributed by atoms with van der Waals surface area (Å²) in [5, 5.41) is 0. The van der Waals surface area contributed by atoms with Crippen LogP contribution in [0.25, 0.3) is 11.1 Å². The van der Waals surface area contributed by atoms with E-state index in [1.54, 1.807) is 48.5 Å². The van der Waals surface area contributed by atoms with Crippen molar-refractivity contribution in [1.29, 1.82) is 0 Å². The molecule has 4 rings (SSSR count). The monoisotopic (exact) mass is 1130 g/mol. The van der Waals surface area contributed by atoms with Crippen molar-refractivity contribution >= 4 is 11.9 Å². The summed E-state index contributed by atoms with van der Waals surface area (Å²) in [6.45, 7) is 11.5. The predicted octanol–water partition coefficient (Wildman–Crippen LogP) is 23.0. The Morgan fingerprint density at radius 1 is 0.256 bits per heavy atom. The van der Waals surface area contributed by atoms with Gasteiger partial charge in [-0.2, -0.15) is 0 Å². The second-order valence-corrected chi connectivity index (χ2v) is 23.3. The SMILES string of the molecule is CCCCCCCCCCCCOc1ccc(C(=O)Oc2ccc(-c3ccc(OC(=O)c4ccc(OCCCCCCCCCCCC)c(OCCCCCCCCCCCC)c4)cc3)cc2)cc1OCCCCCCCCCCCC. The average molecular weight is 1130 g/mol. The predicted molar refractivity (Wildman–Crippen MR) is 344 cm³/mol. The maximum Gasteiger partial charge on any atom is 0.343 e. The summed E-state index contributed by atoms with van der Waals surface area (Å²) in [5.41, 5.74) is 2.69. The van der Waals surface area contributed by atoms with Gasteiger partial charge in [-0.1, -0.05) is 283 Å². The van der Waals surface area contributed by atoms with E-state index < -0.39 is 11.9 Å². The van der Waals surface area contributed by atoms with Crippen molar-refractivity contribution in [2.45, 2.75) is 285 Å². The molecule has 0 amide bonds. The zero-order chi connectivity index (χ0) is 58.2. The van der Waals surface area contributed by atoms with E-state index in [4.69, 9.17) is 28.4 Å². The molecule has 0 heterocycles. The minimum absolute atomic E-state index is 0.413. The van der Waals surface area contributed by atoms with Gasteiger partial charge in [-0.25, -0.2) is 9.59 Å². The van der Waals surface area contributed by atoms with E-state index in [0.717, 1.165) is 62.5 Å². The fourth-order valence-electron chi connectivity index (χ4n) is 10.6. The summed E-state index contributed by atoms with van der Waals surface area (Å²) in [7, 11) is 0. The first-order valence-electron chi connectivity index (χ1n) is 33.9. The lowest BCUT2D eigenvalue weighted by atomic mass is 10.1. The zero-order valence-corrected chi connectivity index (χ0v) is 52.5. The normalized spacial score (nSPS) is 11.2. The second-order valence-electron chi connectivity index (χ2n) is 23.3. The van der Waals surface area contributed by atoms with Crippen molar-refractivity contribution < 1.29 is 38.0 Å². The Hall–Kier alpha value is -4.98. The Kier molecular flexibility index (Phi) is 40.2. The highest BCUT2D eigenvalue weighted by atomic mass is 16.5. The quantitative estimate of drug-likeness (QED) is 0.0245. The Bertz CT molecular complexity index is 2030. The van der Waals surface area contributed by atoms with E-state index >= 15 is 0 Å². The number of ether oxygens (including phenoxy) is 6. The molecule has 0 spiro atoms. The van der Waals surface area contributed by atoms with E-state index in [-0.39, 0.29) is 0 Å². The van der Waals surface area contributed by atoms with Gasteiger partial charge in [-0.05, 0) is 97.5 Å². The summed E-state index contributed by atoms with van der Waals surface area (Å²) in [4.78, 5) is 27.2. The van der Waals surface area contributed by atoms with E-state index in [0.29, 0.717) is 72.1 Å². The summed E-state index contributed by atoms with van der Waals surface area (Å²) < 4.78 is 37.0. The van der Waals surface area contributed by atoms with Gasteiger partial charge in [0.05, 0.1) is 37.6 Å². The fourth-order valence-corrected chi connectivity index (χ4v) is 10.6. The van der Waals surface area contributed by atoms with Crippen LogP contribution in [0.3, 0.4) is 0 Å². The number of benzene rings is 4. The van der Waals surface area contributed by atoms with E-state index in [1.807, 2.05) is 36.4 Å². The lowest BCUT2D eigenvalue weighted by molar-refractivity contribution is 0.0724. The molecule has 8 heteroatoms. The molecule has 0 unspecified atom stereocenters. The third-order valence-corrected chi connectivity index (χ3v) is 15.8. The van der Waals surface area contributed by atoms with Crippen LogP contribution in [0.1, 0.15) is 305 Å². The van der Waals surface area contributed by atoms with Crippen LogP contribution in [-0.4, -0.2) is 38.4 Å². The van der Waals surface area contributed by atoms with Crippen molar-refractivity contribution in [3.05, 3.63) is 96.1 Å². The number of rotatable bonds is 53. The van der Waals surface area contributed by atoms with E-state index in [2.05, 4.69) is 27.7 Å². The van der Waals surface area contributed by atoms with Crippen molar-refractivity contribution in [3.63, 3.8) is 0 Å². The first-order chi connectivity index (χ1) is 40.4. The molecule has 458 valence electrons. The molecular formula is C74H114O8. The van der Waals surface area contributed by atoms with Gasteiger partial charge in [0.2, 0.25) is 0 Å². The van der Waals surface area contributed by atoms with Crippen LogP contribution < -0.4 is 28.4 Å². The van der Waals surface area contributed by atoms with Crippen molar-refractivity contribution in [2.24, 2.45) is 0 Å². The summed E-state index contributed by atoms with van der Waals surface area (Å²) >= 11 is 0. The zero-order valence-electron chi connectivity index (χ0n) is 52.5. The van der Waals surface area contributed by atoms with Gasteiger partial charge in [0.15, 0.2) is 23.0 Å². The summed E-state index contributed by atoms with van der Waals surface area (Å²) in [6, 6.07) is 25.7. The van der Waals surface area contributed by atoms with E-state index in [1.165, 1.54) is 205 Å². The second kappa shape index (κ2) is 47.4. The lowest BCUT2D eigenvalue weighted by Gasteiger charge is -2.15. The molecule has 0 aliphatic carbocycles. The first-order valence-corrected chi connectivity index (χ1v) is 33.9. The average Bonchev–Trinajstić information content (AvgIpc) is 3.60. The molecular weight excluding hydrogens is 1020 g/mol. The Morgan fingerprint density at radius 3 is 0.720 bits per heavy atom. The highest BCUT2D eigenvalue weighted by molar-refractivity contribution is 5.92. The minimum atomic E-state index is -0.455. The molecule has 0 aromatic heterocycles. The number of carbonyl (C=O) groups excluding carboxylic acids is 2. The molecule has 0 radical (unpaired) electrons. The smallest absolute Gasteiger partial charge is 0.343 e. The molecule has 4 aromatic rings. The van der Waals surface area contributed by atoms with Crippen molar-refractivity contribution in [1.82, 2.24) is 0 Å². The van der Waals surface area contributed by atoms with Crippen LogP contribution in [-0.2, 0) is 0 Å². The van der Waals surface area contributed by atoms with Crippen LogP contribution in [0, 0.1) is 0 Å². The highest BCUT2D eigenvalue weighted by Crippen LogP contribution is 2.33. The topological polar surface area (TPSA) is 89.5 Å². The maximum absolute atomic E-state index is 13.6. The van der Waals surface area contributed by atoms with Gasteiger partial charge in [0.1, 0.15) is 11.5 Å². The molecule has 8 nitrogen and oxygen atoms in total. The highest BCUT2D eigenvalue weighted by Gasteiger charge is 2.17. The number of esters is 2. The van der Waals surface area contributed by atoms with Gasteiger partial charge in [0, 0.05) is 0 Å². The molecule has 0 bridgehead atoms. The third-order valence-electron chi connectivity index (χ3n) is 15.8. The summed E-state index contributed by atoms with van der Waals surface area (Å²) in [6.07, 6.45) is 50.5. The molecule has 82 heavy (non-hydrogen) atoms.